The molecule has 1 heterocycles. The lowest BCUT2D eigenvalue weighted by Crippen LogP contribution is -2.42. The molecule has 0 aliphatic carbocycles. The predicted molar refractivity (Wildman–Crippen MR) is 102 cm³/mol. The van der Waals surface area contributed by atoms with Crippen molar-refractivity contribution in [2.75, 3.05) is 18.8 Å². The van der Waals surface area contributed by atoms with Gasteiger partial charge in [-0.1, -0.05) is 30.3 Å². The van der Waals surface area contributed by atoms with E-state index in [1.807, 2.05) is 30.3 Å². The molecule has 2 aromatic carbocycles. The molecule has 2 aromatic rings. The van der Waals surface area contributed by atoms with E-state index in [2.05, 4.69) is 0 Å². The number of rotatable bonds is 7. The number of halogens is 1. The van der Waals surface area contributed by atoms with Crippen LogP contribution in [-0.2, 0) is 10.0 Å². The zero-order valence-corrected chi connectivity index (χ0v) is 15.8. The third-order valence-electron chi connectivity index (χ3n) is 4.54. The van der Waals surface area contributed by atoms with E-state index in [0.717, 1.165) is 11.6 Å². The van der Waals surface area contributed by atoms with Crippen molar-refractivity contribution in [3.63, 3.8) is 0 Å². The molecule has 1 fully saturated rings. The molecule has 0 spiro atoms. The highest BCUT2D eigenvalue weighted by molar-refractivity contribution is 7.89. The standard InChI is InChI=1S/C19H20FN2O5S/c20-18-14-16(22(23)24)6-7-19(18)27-17-8-11-21(12-9-17)28(25,26)13-10-15-4-2-1-3-5-15/h1-7,10,14,17H,8-9,11-13H2. The highest BCUT2D eigenvalue weighted by atomic mass is 32.2. The summed E-state index contributed by atoms with van der Waals surface area (Å²) in [7, 11) is -3.43. The molecule has 9 heteroatoms. The van der Waals surface area contributed by atoms with Gasteiger partial charge < -0.3 is 4.74 Å². The number of benzene rings is 2. The first-order valence-corrected chi connectivity index (χ1v) is 10.4. The number of ether oxygens (including phenoxy) is 1. The second-order valence-corrected chi connectivity index (χ2v) is 8.50. The maximum absolute atomic E-state index is 14.0. The predicted octanol–water partition coefficient (Wildman–Crippen LogP) is 3.16. The molecule has 149 valence electrons. The van der Waals surface area contributed by atoms with Gasteiger partial charge in [-0.15, -0.1) is 0 Å². The Morgan fingerprint density at radius 3 is 2.46 bits per heavy atom. The summed E-state index contributed by atoms with van der Waals surface area (Å²) in [6, 6.07) is 12.5. The second kappa shape index (κ2) is 8.66. The van der Waals surface area contributed by atoms with Crippen LogP contribution in [0, 0.1) is 22.4 Å². The van der Waals surface area contributed by atoms with Crippen LogP contribution in [0.15, 0.2) is 48.5 Å². The van der Waals surface area contributed by atoms with Crippen molar-refractivity contribution in [1.29, 1.82) is 0 Å². The number of nitro benzene ring substituents is 1. The molecular formula is C19H20FN2O5S. The number of sulfonamides is 1. The van der Waals surface area contributed by atoms with Gasteiger partial charge in [-0.25, -0.2) is 17.1 Å². The topological polar surface area (TPSA) is 89.8 Å². The summed E-state index contributed by atoms with van der Waals surface area (Å²) in [5, 5.41) is 10.7. The van der Waals surface area contributed by atoms with Gasteiger partial charge in [-0.2, -0.15) is 0 Å². The fourth-order valence-corrected chi connectivity index (χ4v) is 4.38. The largest absolute Gasteiger partial charge is 0.487 e. The van der Waals surface area contributed by atoms with E-state index in [1.165, 1.54) is 16.4 Å². The fourth-order valence-electron chi connectivity index (χ4n) is 3.00. The molecule has 0 unspecified atom stereocenters. The molecule has 1 saturated heterocycles. The summed E-state index contributed by atoms with van der Waals surface area (Å²) in [6.07, 6.45) is 2.16. The van der Waals surface area contributed by atoms with E-state index in [-0.39, 0.29) is 36.4 Å². The number of nitro groups is 1. The lowest BCUT2D eigenvalue weighted by Gasteiger charge is -2.31. The Bertz CT molecular complexity index is 929. The molecule has 0 bridgehead atoms. The van der Waals surface area contributed by atoms with E-state index in [1.54, 1.807) is 6.42 Å². The molecule has 0 aromatic heterocycles. The maximum atomic E-state index is 14.0. The summed E-state index contributed by atoms with van der Waals surface area (Å²) in [5.74, 6) is -0.953. The summed E-state index contributed by atoms with van der Waals surface area (Å²) in [4.78, 5) is 9.98. The van der Waals surface area contributed by atoms with E-state index in [0.29, 0.717) is 12.8 Å². The van der Waals surface area contributed by atoms with Gasteiger partial charge in [0.1, 0.15) is 6.10 Å². The van der Waals surface area contributed by atoms with E-state index in [9.17, 15) is 22.9 Å². The molecule has 0 saturated carbocycles. The van der Waals surface area contributed by atoms with Crippen LogP contribution in [0.1, 0.15) is 18.4 Å². The first-order chi connectivity index (χ1) is 13.3. The monoisotopic (exact) mass is 407 g/mol. The van der Waals surface area contributed by atoms with Gasteiger partial charge in [-0.3, -0.25) is 10.1 Å². The Balaban J connectivity index is 1.53. The van der Waals surface area contributed by atoms with Crippen LogP contribution >= 0.6 is 0 Å². The smallest absolute Gasteiger partial charge is 0.272 e. The van der Waals surface area contributed by atoms with Crippen LogP contribution < -0.4 is 4.74 Å². The normalized spacial score (nSPS) is 16.0. The minimum absolute atomic E-state index is 0.0654. The van der Waals surface area contributed by atoms with Crippen molar-refractivity contribution in [2.45, 2.75) is 18.9 Å². The molecule has 1 aliphatic rings. The minimum Gasteiger partial charge on any atom is -0.487 e. The minimum atomic E-state index is -3.43. The van der Waals surface area contributed by atoms with Crippen molar-refractivity contribution in [2.24, 2.45) is 0 Å². The summed E-state index contributed by atoms with van der Waals surface area (Å²) in [6.45, 7) is 0.564. The molecule has 0 atom stereocenters. The molecule has 28 heavy (non-hydrogen) atoms. The maximum Gasteiger partial charge on any atom is 0.272 e. The first kappa shape index (κ1) is 20.2. The lowest BCUT2D eigenvalue weighted by atomic mass is 10.1. The summed E-state index contributed by atoms with van der Waals surface area (Å²) < 4.78 is 46.0. The van der Waals surface area contributed by atoms with Crippen LogP contribution in [0.25, 0.3) is 0 Å². The van der Waals surface area contributed by atoms with Gasteiger partial charge in [0.25, 0.3) is 5.69 Å². The van der Waals surface area contributed by atoms with Crippen molar-refractivity contribution >= 4 is 15.7 Å². The lowest BCUT2D eigenvalue weighted by molar-refractivity contribution is -0.385. The number of nitrogens with zero attached hydrogens (tertiary/aromatic N) is 2. The van der Waals surface area contributed by atoms with Gasteiger partial charge in [0, 0.05) is 25.6 Å². The summed E-state index contributed by atoms with van der Waals surface area (Å²) >= 11 is 0. The van der Waals surface area contributed by atoms with Crippen molar-refractivity contribution in [1.82, 2.24) is 4.31 Å². The Kier molecular flexibility index (Phi) is 6.25. The Labute approximate surface area is 162 Å². The SMILES string of the molecule is O=[N+]([O-])c1ccc(OC2CCN(S(=O)(=O)C[CH]c3ccccc3)CC2)c(F)c1. The third-order valence-corrected chi connectivity index (χ3v) is 6.28. The number of non-ortho nitro benzene ring substituents is 1. The number of hydrogen-bond acceptors (Lipinski definition) is 5. The quantitative estimate of drug-likeness (QED) is 0.520. The van der Waals surface area contributed by atoms with E-state index in [4.69, 9.17) is 4.74 Å². The van der Waals surface area contributed by atoms with E-state index >= 15 is 0 Å². The van der Waals surface area contributed by atoms with Crippen molar-refractivity contribution in [3.05, 3.63) is 76.4 Å². The van der Waals surface area contributed by atoms with Crippen molar-refractivity contribution in [3.8, 4) is 5.75 Å². The van der Waals surface area contributed by atoms with Gasteiger partial charge in [0.2, 0.25) is 10.0 Å². The molecule has 0 N–H and O–H groups in total. The average molecular weight is 407 g/mol. The van der Waals surface area contributed by atoms with Crippen LogP contribution in [0.2, 0.25) is 0 Å². The molecule has 1 aliphatic heterocycles. The highest BCUT2D eigenvalue weighted by Gasteiger charge is 2.29. The van der Waals surface area contributed by atoms with Gasteiger partial charge in [0.15, 0.2) is 11.6 Å². The molecule has 7 nitrogen and oxygen atoms in total. The second-order valence-electron chi connectivity index (χ2n) is 6.48. The molecule has 1 radical (unpaired) electrons. The van der Waals surface area contributed by atoms with Crippen LogP contribution in [0.5, 0.6) is 5.75 Å². The fraction of sp³-hybridized carbons (Fsp3) is 0.316. The van der Waals surface area contributed by atoms with Gasteiger partial charge >= 0.3 is 0 Å². The van der Waals surface area contributed by atoms with Crippen LogP contribution in [-0.4, -0.2) is 42.6 Å². The molecular weight excluding hydrogens is 387 g/mol. The summed E-state index contributed by atoms with van der Waals surface area (Å²) in [5.41, 5.74) is 0.498. The molecule has 3 rings (SSSR count). The average Bonchev–Trinajstić information content (AvgIpc) is 2.69. The molecule has 0 amide bonds. The number of hydrogen-bond donors (Lipinski definition) is 0. The highest BCUT2D eigenvalue weighted by Crippen LogP contribution is 2.26. The van der Waals surface area contributed by atoms with Crippen LogP contribution in [0.3, 0.4) is 0 Å². The zero-order valence-electron chi connectivity index (χ0n) is 15.0. The zero-order chi connectivity index (χ0) is 20.1. The Hall–Kier alpha value is -2.52. The Morgan fingerprint density at radius 2 is 1.86 bits per heavy atom. The third kappa shape index (κ3) is 5.05. The van der Waals surface area contributed by atoms with Crippen molar-refractivity contribution < 1.29 is 22.5 Å². The Morgan fingerprint density at radius 1 is 1.18 bits per heavy atom. The van der Waals surface area contributed by atoms with Gasteiger partial charge in [0.05, 0.1) is 16.7 Å². The number of piperidine rings is 1. The first-order valence-electron chi connectivity index (χ1n) is 8.82. The van der Waals surface area contributed by atoms with Gasteiger partial charge in [-0.05, 0) is 24.5 Å². The van der Waals surface area contributed by atoms with E-state index < -0.39 is 20.8 Å². The van der Waals surface area contributed by atoms with Crippen LogP contribution in [0.4, 0.5) is 10.1 Å².